The van der Waals surface area contributed by atoms with Crippen LogP contribution in [0.2, 0.25) is 0 Å². The van der Waals surface area contributed by atoms with Gasteiger partial charge < -0.3 is 15.0 Å². The number of hydrogen-bond donors (Lipinski definition) is 1. The van der Waals surface area contributed by atoms with Gasteiger partial charge in [-0.1, -0.05) is 60.7 Å². The first-order valence-corrected chi connectivity index (χ1v) is 10.5. The Morgan fingerprint density at radius 3 is 2.23 bits per heavy atom. The van der Waals surface area contributed by atoms with Crippen molar-refractivity contribution in [3.63, 3.8) is 0 Å². The molecule has 31 heavy (non-hydrogen) atoms. The average Bonchev–Trinajstić information content (AvgIpc) is 2.78. The molecule has 2 amide bonds. The third-order valence-electron chi connectivity index (χ3n) is 5.30. The first-order valence-electron chi connectivity index (χ1n) is 10.5. The van der Waals surface area contributed by atoms with E-state index in [1.54, 1.807) is 17.0 Å². The lowest BCUT2D eigenvalue weighted by Crippen LogP contribution is -2.41. The van der Waals surface area contributed by atoms with Gasteiger partial charge in [0.1, 0.15) is 5.70 Å². The number of rotatable bonds is 7. The van der Waals surface area contributed by atoms with Crippen LogP contribution in [-0.2, 0) is 25.5 Å². The smallest absolute Gasteiger partial charge is 0.355 e. The summed E-state index contributed by atoms with van der Waals surface area (Å²) < 4.78 is 5.20. The molecule has 1 aliphatic rings. The number of amides is 2. The second-order valence-corrected chi connectivity index (χ2v) is 7.74. The minimum Gasteiger partial charge on any atom is -0.451 e. The molecule has 1 N–H and O–H groups in total. The van der Waals surface area contributed by atoms with E-state index in [0.29, 0.717) is 19.0 Å². The summed E-state index contributed by atoms with van der Waals surface area (Å²) in [7, 11) is 0. The normalized spacial score (nSPS) is 14.7. The van der Waals surface area contributed by atoms with Gasteiger partial charge in [-0.3, -0.25) is 9.59 Å². The van der Waals surface area contributed by atoms with E-state index >= 15 is 0 Å². The number of carbonyl (C=O) groups is 3. The van der Waals surface area contributed by atoms with Crippen molar-refractivity contribution in [3.8, 4) is 0 Å². The number of likely N-dealkylation sites (tertiary alicyclic amines) is 1. The molecule has 6 nitrogen and oxygen atoms in total. The van der Waals surface area contributed by atoms with Gasteiger partial charge in [0.05, 0.1) is 0 Å². The molecule has 1 aliphatic heterocycles. The van der Waals surface area contributed by atoms with Crippen molar-refractivity contribution in [2.75, 3.05) is 19.7 Å². The topological polar surface area (TPSA) is 75.7 Å². The van der Waals surface area contributed by atoms with E-state index in [-0.39, 0.29) is 24.1 Å². The predicted octanol–water partition coefficient (Wildman–Crippen LogP) is 3.19. The molecule has 1 fully saturated rings. The number of piperidine rings is 1. The average molecular weight is 421 g/mol. The fraction of sp³-hybridized carbons (Fsp3) is 0.320. The van der Waals surface area contributed by atoms with Crippen LogP contribution in [0.3, 0.4) is 0 Å². The Bertz CT molecular complexity index is 917. The summed E-state index contributed by atoms with van der Waals surface area (Å²) in [6.45, 7) is 2.29. The van der Waals surface area contributed by atoms with Crippen molar-refractivity contribution >= 4 is 23.9 Å². The van der Waals surface area contributed by atoms with Crippen LogP contribution in [0.4, 0.5) is 0 Å². The zero-order valence-corrected chi connectivity index (χ0v) is 17.8. The Balaban J connectivity index is 1.49. The summed E-state index contributed by atoms with van der Waals surface area (Å²) in [5, 5.41) is 2.48. The second kappa shape index (κ2) is 11.1. The van der Waals surface area contributed by atoms with Gasteiger partial charge in [-0.2, -0.15) is 0 Å². The van der Waals surface area contributed by atoms with Crippen molar-refractivity contribution in [2.24, 2.45) is 5.92 Å². The van der Waals surface area contributed by atoms with Gasteiger partial charge in [-0.05, 0) is 42.4 Å². The third-order valence-corrected chi connectivity index (χ3v) is 5.30. The highest BCUT2D eigenvalue weighted by molar-refractivity contribution is 5.98. The number of ether oxygens (including phenoxy) is 1. The molecule has 1 saturated heterocycles. The molecule has 0 atom stereocenters. The number of nitrogens with zero attached hydrogens (tertiary/aromatic N) is 1. The van der Waals surface area contributed by atoms with Gasteiger partial charge in [0.25, 0.3) is 5.91 Å². The van der Waals surface area contributed by atoms with Crippen LogP contribution in [0.5, 0.6) is 0 Å². The first-order chi connectivity index (χ1) is 15.0. The van der Waals surface area contributed by atoms with E-state index in [0.717, 1.165) is 24.8 Å². The number of esters is 1. The predicted molar refractivity (Wildman–Crippen MR) is 119 cm³/mol. The van der Waals surface area contributed by atoms with E-state index < -0.39 is 5.97 Å². The molecule has 0 bridgehead atoms. The fourth-order valence-corrected chi connectivity index (χ4v) is 3.68. The van der Waals surface area contributed by atoms with Gasteiger partial charge in [0.2, 0.25) is 5.91 Å². The van der Waals surface area contributed by atoms with Crippen LogP contribution in [0.1, 0.15) is 30.9 Å². The molecular weight excluding hydrogens is 392 g/mol. The maximum atomic E-state index is 12.5. The van der Waals surface area contributed by atoms with Crippen molar-refractivity contribution in [3.05, 3.63) is 77.5 Å². The highest BCUT2D eigenvalue weighted by Gasteiger charge is 2.24. The lowest BCUT2D eigenvalue weighted by Gasteiger charge is -2.32. The number of benzene rings is 2. The number of nitrogens with one attached hydrogen (secondary N) is 1. The van der Waals surface area contributed by atoms with Crippen LogP contribution in [0, 0.1) is 5.92 Å². The molecular formula is C25H28N2O4. The van der Waals surface area contributed by atoms with Crippen LogP contribution in [-0.4, -0.2) is 42.4 Å². The Labute approximate surface area is 182 Å². The maximum Gasteiger partial charge on any atom is 0.355 e. The molecule has 0 saturated carbocycles. The van der Waals surface area contributed by atoms with Crippen LogP contribution in [0.15, 0.2) is 66.4 Å². The molecule has 0 spiro atoms. The van der Waals surface area contributed by atoms with Crippen LogP contribution in [0.25, 0.3) is 6.08 Å². The molecule has 0 unspecified atom stereocenters. The third kappa shape index (κ3) is 7.10. The molecule has 0 aromatic heterocycles. The second-order valence-electron chi connectivity index (χ2n) is 7.74. The van der Waals surface area contributed by atoms with Crippen molar-refractivity contribution in [1.82, 2.24) is 10.2 Å². The largest absolute Gasteiger partial charge is 0.451 e. The van der Waals surface area contributed by atoms with Crippen molar-refractivity contribution < 1.29 is 19.1 Å². The van der Waals surface area contributed by atoms with E-state index in [1.807, 2.05) is 36.4 Å². The summed E-state index contributed by atoms with van der Waals surface area (Å²) in [5.74, 6) is -0.778. The zero-order valence-electron chi connectivity index (χ0n) is 17.8. The van der Waals surface area contributed by atoms with Crippen LogP contribution >= 0.6 is 0 Å². The highest BCUT2D eigenvalue weighted by atomic mass is 16.5. The molecule has 2 aromatic rings. The van der Waals surface area contributed by atoms with E-state index in [4.69, 9.17) is 4.74 Å². The molecule has 2 aromatic carbocycles. The van der Waals surface area contributed by atoms with Crippen molar-refractivity contribution in [2.45, 2.75) is 26.2 Å². The minimum atomic E-state index is -0.730. The SMILES string of the molecule is CC(=O)N/C(=C\c1ccccc1)C(=O)OCC(=O)N1CCC(Cc2ccccc2)CC1. The van der Waals surface area contributed by atoms with Gasteiger partial charge in [-0.15, -0.1) is 0 Å². The molecule has 6 heteroatoms. The van der Waals surface area contributed by atoms with Crippen molar-refractivity contribution in [1.29, 1.82) is 0 Å². The summed E-state index contributed by atoms with van der Waals surface area (Å²) in [5.41, 5.74) is 2.07. The Hall–Kier alpha value is -3.41. The molecule has 1 heterocycles. The zero-order chi connectivity index (χ0) is 22.1. The van der Waals surface area contributed by atoms with Gasteiger partial charge >= 0.3 is 5.97 Å². The fourth-order valence-electron chi connectivity index (χ4n) is 3.68. The number of carbonyl (C=O) groups excluding carboxylic acids is 3. The molecule has 0 aliphatic carbocycles. The van der Waals surface area contributed by atoms with Gasteiger partial charge in [0.15, 0.2) is 6.61 Å². The monoisotopic (exact) mass is 420 g/mol. The van der Waals surface area contributed by atoms with E-state index in [2.05, 4.69) is 17.4 Å². The minimum absolute atomic E-state index is 0.00747. The Morgan fingerprint density at radius 2 is 1.61 bits per heavy atom. The molecule has 162 valence electrons. The maximum absolute atomic E-state index is 12.5. The molecule has 0 radical (unpaired) electrons. The summed E-state index contributed by atoms with van der Waals surface area (Å²) in [6, 6.07) is 19.5. The first kappa shape index (κ1) is 22.3. The van der Waals surface area contributed by atoms with Gasteiger partial charge in [-0.25, -0.2) is 4.79 Å². The summed E-state index contributed by atoms with van der Waals surface area (Å²) in [6.07, 6.45) is 4.41. The van der Waals surface area contributed by atoms with Gasteiger partial charge in [0, 0.05) is 20.0 Å². The van der Waals surface area contributed by atoms with Crippen LogP contribution < -0.4 is 5.32 Å². The Morgan fingerprint density at radius 1 is 1.00 bits per heavy atom. The highest BCUT2D eigenvalue weighted by Crippen LogP contribution is 2.21. The summed E-state index contributed by atoms with van der Waals surface area (Å²) in [4.78, 5) is 38.2. The summed E-state index contributed by atoms with van der Waals surface area (Å²) >= 11 is 0. The van der Waals surface area contributed by atoms with E-state index in [1.165, 1.54) is 18.6 Å². The lowest BCUT2D eigenvalue weighted by molar-refractivity contribution is -0.150. The number of hydrogen-bond acceptors (Lipinski definition) is 4. The lowest BCUT2D eigenvalue weighted by atomic mass is 9.90. The van der Waals surface area contributed by atoms with E-state index in [9.17, 15) is 14.4 Å². The standard InChI is InChI=1S/C25H28N2O4/c1-19(28)26-23(17-21-10-6-3-7-11-21)25(30)31-18-24(29)27-14-12-22(13-15-27)16-20-8-4-2-5-9-20/h2-11,17,22H,12-16,18H2,1H3,(H,26,28)/b23-17-. The Kier molecular flexibility index (Phi) is 7.98. The molecule has 3 rings (SSSR count). The quantitative estimate of drug-likeness (QED) is 0.551.